The molecule has 0 radical (unpaired) electrons. The highest BCUT2D eigenvalue weighted by molar-refractivity contribution is 8.00. The Labute approximate surface area is 172 Å². The zero-order valence-electron chi connectivity index (χ0n) is 15.9. The van der Waals surface area contributed by atoms with Gasteiger partial charge in [-0.1, -0.05) is 12.1 Å². The Balaban J connectivity index is 1.58. The van der Waals surface area contributed by atoms with Gasteiger partial charge in [0.05, 0.1) is 22.5 Å². The van der Waals surface area contributed by atoms with Crippen LogP contribution in [0.25, 0.3) is 11.0 Å². The fourth-order valence-electron chi connectivity index (χ4n) is 3.67. The van der Waals surface area contributed by atoms with E-state index in [4.69, 9.17) is 9.97 Å². The number of rotatable bonds is 1. The van der Waals surface area contributed by atoms with Gasteiger partial charge >= 0.3 is 0 Å². The SMILES string of the molecule is CN1CCCN(C(=O)c2ccc3c(c2)NC(=O)CS3)c2nc3ccccc3nc21. The lowest BCUT2D eigenvalue weighted by Crippen LogP contribution is -2.32. The molecule has 1 aromatic heterocycles. The maximum atomic E-state index is 13.4. The normalized spacial score (nSPS) is 16.1. The summed E-state index contributed by atoms with van der Waals surface area (Å²) in [5.41, 5.74) is 2.78. The van der Waals surface area contributed by atoms with E-state index in [0.29, 0.717) is 35.2 Å². The first-order valence-electron chi connectivity index (χ1n) is 9.46. The summed E-state index contributed by atoms with van der Waals surface area (Å²) in [5.74, 6) is 1.49. The molecule has 0 unspecified atom stereocenters. The lowest BCUT2D eigenvalue weighted by atomic mass is 10.1. The van der Waals surface area contributed by atoms with Crippen LogP contribution in [0.15, 0.2) is 47.4 Å². The molecule has 0 aliphatic carbocycles. The van der Waals surface area contributed by atoms with E-state index in [1.807, 2.05) is 48.3 Å². The molecule has 2 aliphatic heterocycles. The predicted molar refractivity (Wildman–Crippen MR) is 115 cm³/mol. The van der Waals surface area contributed by atoms with Crippen LogP contribution in [-0.4, -0.2) is 47.7 Å². The third-order valence-electron chi connectivity index (χ3n) is 5.13. The fourth-order valence-corrected chi connectivity index (χ4v) is 4.45. The van der Waals surface area contributed by atoms with E-state index < -0.39 is 0 Å². The number of amides is 2. The van der Waals surface area contributed by atoms with E-state index >= 15 is 0 Å². The van der Waals surface area contributed by atoms with Crippen molar-refractivity contribution in [3.05, 3.63) is 48.0 Å². The molecule has 146 valence electrons. The average Bonchev–Trinajstić information content (AvgIpc) is 2.90. The molecule has 3 heterocycles. The Kier molecular flexibility index (Phi) is 4.35. The van der Waals surface area contributed by atoms with Crippen LogP contribution in [0, 0.1) is 0 Å². The van der Waals surface area contributed by atoms with Gasteiger partial charge in [-0.2, -0.15) is 0 Å². The van der Waals surface area contributed by atoms with Crippen LogP contribution in [-0.2, 0) is 4.79 Å². The van der Waals surface area contributed by atoms with Crippen LogP contribution in [0.5, 0.6) is 0 Å². The largest absolute Gasteiger partial charge is 0.357 e. The molecular formula is C21H19N5O2S. The summed E-state index contributed by atoms with van der Waals surface area (Å²) in [4.78, 5) is 39.5. The van der Waals surface area contributed by atoms with Gasteiger partial charge in [0.15, 0.2) is 11.6 Å². The molecular weight excluding hydrogens is 386 g/mol. The van der Waals surface area contributed by atoms with Crippen molar-refractivity contribution >= 4 is 51.9 Å². The van der Waals surface area contributed by atoms with Crippen LogP contribution in [0.1, 0.15) is 16.8 Å². The zero-order valence-corrected chi connectivity index (χ0v) is 16.7. The van der Waals surface area contributed by atoms with Crippen molar-refractivity contribution in [2.45, 2.75) is 11.3 Å². The minimum absolute atomic E-state index is 0.0498. The molecule has 1 N–H and O–H groups in total. The van der Waals surface area contributed by atoms with Crippen LogP contribution < -0.4 is 15.1 Å². The van der Waals surface area contributed by atoms with Crippen LogP contribution in [0.4, 0.5) is 17.3 Å². The second-order valence-electron chi connectivity index (χ2n) is 7.14. The quantitative estimate of drug-likeness (QED) is 0.670. The maximum absolute atomic E-state index is 13.4. The van der Waals surface area contributed by atoms with Crippen molar-refractivity contribution in [2.75, 3.05) is 41.0 Å². The van der Waals surface area contributed by atoms with Gasteiger partial charge in [0.25, 0.3) is 5.91 Å². The number of fused-ring (bicyclic) bond motifs is 3. The van der Waals surface area contributed by atoms with E-state index in [9.17, 15) is 9.59 Å². The molecule has 0 saturated heterocycles. The highest BCUT2D eigenvalue weighted by Crippen LogP contribution is 2.34. The van der Waals surface area contributed by atoms with Gasteiger partial charge < -0.3 is 10.2 Å². The summed E-state index contributed by atoms with van der Waals surface area (Å²) in [6, 6.07) is 13.1. The van der Waals surface area contributed by atoms with Crippen molar-refractivity contribution < 1.29 is 9.59 Å². The molecule has 0 spiro atoms. The van der Waals surface area contributed by atoms with Gasteiger partial charge in [-0.3, -0.25) is 14.5 Å². The molecule has 8 heteroatoms. The lowest BCUT2D eigenvalue weighted by molar-refractivity contribution is -0.113. The molecule has 7 nitrogen and oxygen atoms in total. The highest BCUT2D eigenvalue weighted by Gasteiger charge is 2.28. The van der Waals surface area contributed by atoms with E-state index in [-0.39, 0.29) is 11.8 Å². The fraction of sp³-hybridized carbons (Fsp3) is 0.238. The number of para-hydroxylation sites is 2. The van der Waals surface area contributed by atoms with Crippen molar-refractivity contribution in [1.82, 2.24) is 9.97 Å². The van der Waals surface area contributed by atoms with Gasteiger partial charge in [-0.05, 0) is 36.8 Å². The third kappa shape index (κ3) is 3.19. The second-order valence-corrected chi connectivity index (χ2v) is 8.16. The van der Waals surface area contributed by atoms with Crippen LogP contribution >= 0.6 is 11.8 Å². The minimum Gasteiger partial charge on any atom is -0.357 e. The zero-order chi connectivity index (χ0) is 20.0. The summed E-state index contributed by atoms with van der Waals surface area (Å²) in [7, 11) is 1.97. The van der Waals surface area contributed by atoms with Crippen molar-refractivity contribution in [2.24, 2.45) is 0 Å². The lowest BCUT2D eigenvalue weighted by Gasteiger charge is -2.24. The number of nitrogens with zero attached hydrogens (tertiary/aromatic N) is 4. The van der Waals surface area contributed by atoms with Gasteiger partial charge in [-0.25, -0.2) is 9.97 Å². The third-order valence-corrected chi connectivity index (χ3v) is 6.20. The molecule has 5 rings (SSSR count). The summed E-state index contributed by atoms with van der Waals surface area (Å²) in [6.07, 6.45) is 0.814. The monoisotopic (exact) mass is 405 g/mol. The van der Waals surface area contributed by atoms with E-state index in [1.165, 1.54) is 11.8 Å². The number of nitrogens with one attached hydrogen (secondary N) is 1. The van der Waals surface area contributed by atoms with Crippen molar-refractivity contribution in [1.29, 1.82) is 0 Å². The number of carbonyl (C=O) groups is 2. The topological polar surface area (TPSA) is 78.4 Å². The number of thioether (sulfide) groups is 1. The Morgan fingerprint density at radius 3 is 2.62 bits per heavy atom. The number of carbonyl (C=O) groups excluding carboxylic acids is 2. The Bertz CT molecular complexity index is 1150. The second kappa shape index (κ2) is 7.04. The summed E-state index contributed by atoms with van der Waals surface area (Å²) in [5, 5.41) is 2.85. The number of hydrogen-bond acceptors (Lipinski definition) is 6. The van der Waals surface area contributed by atoms with Crippen LogP contribution in [0.3, 0.4) is 0 Å². The summed E-state index contributed by atoms with van der Waals surface area (Å²) in [6.45, 7) is 1.35. The molecule has 2 aromatic carbocycles. The van der Waals surface area contributed by atoms with Gasteiger partial charge in [0.2, 0.25) is 5.91 Å². The molecule has 0 bridgehead atoms. The summed E-state index contributed by atoms with van der Waals surface area (Å²) >= 11 is 1.48. The van der Waals surface area contributed by atoms with Crippen LogP contribution in [0.2, 0.25) is 0 Å². The predicted octanol–water partition coefficient (Wildman–Crippen LogP) is 3.16. The van der Waals surface area contributed by atoms with Gasteiger partial charge in [-0.15, -0.1) is 11.8 Å². The first-order valence-corrected chi connectivity index (χ1v) is 10.5. The van der Waals surface area contributed by atoms with E-state index in [1.54, 1.807) is 11.0 Å². The van der Waals surface area contributed by atoms with Crippen molar-refractivity contribution in [3.8, 4) is 0 Å². The Hall–Kier alpha value is -3.13. The molecule has 2 aliphatic rings. The maximum Gasteiger partial charge on any atom is 0.259 e. The smallest absolute Gasteiger partial charge is 0.259 e. The van der Waals surface area contributed by atoms with E-state index in [0.717, 1.165) is 28.9 Å². The first kappa shape index (κ1) is 17.9. The van der Waals surface area contributed by atoms with Gasteiger partial charge in [0.1, 0.15) is 0 Å². The Morgan fingerprint density at radius 2 is 1.83 bits per heavy atom. The highest BCUT2D eigenvalue weighted by atomic mass is 32.2. The number of aromatic nitrogens is 2. The minimum atomic E-state index is -0.140. The van der Waals surface area contributed by atoms with E-state index in [2.05, 4.69) is 5.32 Å². The summed E-state index contributed by atoms with van der Waals surface area (Å²) < 4.78 is 0. The Morgan fingerprint density at radius 1 is 1.07 bits per heavy atom. The molecule has 3 aromatic rings. The van der Waals surface area contributed by atoms with Gasteiger partial charge in [0, 0.05) is 30.6 Å². The number of hydrogen-bond donors (Lipinski definition) is 1. The van der Waals surface area contributed by atoms with Crippen molar-refractivity contribution in [3.63, 3.8) is 0 Å². The molecule has 0 saturated carbocycles. The molecule has 0 fully saturated rings. The number of benzene rings is 2. The average molecular weight is 405 g/mol. The molecule has 0 atom stereocenters. The molecule has 29 heavy (non-hydrogen) atoms. The molecule has 2 amide bonds. The number of anilines is 3. The first-order chi connectivity index (χ1) is 14.1. The standard InChI is InChI=1S/C21H19N5O2S/c1-25-9-4-10-26(20-19(25)23-14-5-2-3-6-15(14)24-20)21(28)13-7-8-17-16(11-13)22-18(27)12-29-17/h2-3,5-8,11H,4,9-10,12H2,1H3,(H,22,27).